The summed E-state index contributed by atoms with van der Waals surface area (Å²) in [5.41, 5.74) is 0. The Bertz CT molecular complexity index is 371. The van der Waals surface area contributed by atoms with Crippen molar-refractivity contribution in [3.8, 4) is 0 Å². The Labute approximate surface area is 130 Å². The minimum atomic E-state index is -2.87. The van der Waals surface area contributed by atoms with Crippen molar-refractivity contribution in [2.75, 3.05) is 19.6 Å². The van der Waals surface area contributed by atoms with Crippen LogP contribution in [0.4, 0.5) is 0 Å². The first-order valence-corrected chi connectivity index (χ1v) is 15.4. The summed E-state index contributed by atoms with van der Waals surface area (Å²) in [6, 6.07) is 0. The van der Waals surface area contributed by atoms with Gasteiger partial charge in [-0.15, -0.1) is 0 Å². The second kappa shape index (κ2) is 5.85. The first-order valence-electron chi connectivity index (χ1n) is 7.27. The van der Waals surface area contributed by atoms with Crippen LogP contribution >= 0.6 is 0 Å². The first-order chi connectivity index (χ1) is 7.70. The summed E-state index contributed by atoms with van der Waals surface area (Å²) >= 11 is -2.87. The summed E-state index contributed by atoms with van der Waals surface area (Å²) in [5.74, 6) is 0. The normalized spacial score (nSPS) is 21.2. The second-order valence-corrected chi connectivity index (χ2v) is 28.5. The maximum Gasteiger partial charge on any atom is -1.00 e. The fraction of sp³-hybridized carbons (Fsp3) is 0.733. The molecule has 1 aliphatic carbocycles. The van der Waals surface area contributed by atoms with Gasteiger partial charge in [0.15, 0.2) is 0 Å². The predicted molar refractivity (Wildman–Crippen MR) is 75.8 cm³/mol. The van der Waals surface area contributed by atoms with E-state index in [9.17, 15) is 0 Å². The number of halogens is 2. The Morgan fingerprint density at radius 1 is 1.05 bits per heavy atom. The third-order valence-electron chi connectivity index (χ3n) is 5.03. The van der Waals surface area contributed by atoms with E-state index in [0.717, 1.165) is 0 Å². The molecule has 0 unspecified atom stereocenters. The molecule has 112 valence electrons. The Hall–Kier alpha value is 0.734. The molecule has 1 aliphatic heterocycles. The standard InChI is InChI=1S/C6H12N.C5H5.4CH3.2ClH.Ti/c1-2-7-5-3-4-6-7;1-2-4-5-3-1;;;;;;;/h1-6H2;1-3H,4H2;4*1H3;2*1H;/q;;;;;;;;+2/p-2. The Balaban J connectivity index is 0.00000162. The largest absolute Gasteiger partial charge is 1.00 e. The van der Waals surface area contributed by atoms with Crippen LogP contribution in [0.1, 0.15) is 19.3 Å². The second-order valence-electron chi connectivity index (χ2n) is 9.21. The number of allylic oxidation sites excluding steroid dienone is 4. The van der Waals surface area contributed by atoms with E-state index in [4.69, 9.17) is 0 Å². The van der Waals surface area contributed by atoms with Gasteiger partial charge in [0.1, 0.15) is 0 Å². The van der Waals surface area contributed by atoms with E-state index in [-0.39, 0.29) is 24.8 Å². The van der Waals surface area contributed by atoms with Gasteiger partial charge >= 0.3 is 106 Å². The average molecular weight is 342 g/mol. The molecule has 19 heavy (non-hydrogen) atoms. The fourth-order valence-corrected chi connectivity index (χ4v) is 8.77. The van der Waals surface area contributed by atoms with Crippen LogP contribution in [0, 0.1) is 0 Å². The van der Waals surface area contributed by atoms with Crippen LogP contribution in [0.15, 0.2) is 22.1 Å². The summed E-state index contributed by atoms with van der Waals surface area (Å²) < 4.78 is 3.19. The molecule has 0 aromatic heterocycles. The predicted octanol–water partition coefficient (Wildman–Crippen LogP) is -1.23. The molecule has 0 saturated carbocycles. The molecule has 0 N–H and O–H groups in total. The van der Waals surface area contributed by atoms with Gasteiger partial charge in [-0.1, -0.05) is 0 Å². The van der Waals surface area contributed by atoms with Crippen molar-refractivity contribution in [1.82, 2.24) is 4.90 Å². The van der Waals surface area contributed by atoms with Crippen molar-refractivity contribution in [2.45, 2.75) is 44.9 Å². The third-order valence-corrected chi connectivity index (χ3v) is 14.2. The molecule has 0 atom stereocenters. The molecule has 2 rings (SSSR count). The van der Waals surface area contributed by atoms with Gasteiger partial charge in [0.05, 0.1) is 0 Å². The summed E-state index contributed by atoms with van der Waals surface area (Å²) in [4.78, 5) is 2.67. The van der Waals surface area contributed by atoms with Gasteiger partial charge in [0.25, 0.3) is 0 Å². The van der Waals surface area contributed by atoms with Gasteiger partial charge in [-0.3, -0.25) is 0 Å². The van der Waals surface area contributed by atoms with E-state index in [0.29, 0.717) is 0 Å². The van der Waals surface area contributed by atoms with Crippen molar-refractivity contribution < 1.29 is 38.8 Å². The zero-order valence-corrected chi connectivity index (χ0v) is 16.0. The first kappa shape index (κ1) is 19.7. The topological polar surface area (TPSA) is 3.24 Å². The van der Waals surface area contributed by atoms with Crippen LogP contribution in [0.25, 0.3) is 0 Å². The monoisotopic (exact) mass is 341 g/mol. The minimum absolute atomic E-state index is 0. The molecular formula is C15H29Cl2NTi. The molecule has 0 aromatic rings. The molecule has 1 nitrogen and oxygen atoms in total. The summed E-state index contributed by atoms with van der Waals surface area (Å²) in [7, 11) is 0. The Kier molecular flexibility index (Phi) is 6.08. The minimum Gasteiger partial charge on any atom is -1.00 e. The zero-order valence-electron chi connectivity index (χ0n) is 12.9. The van der Waals surface area contributed by atoms with Crippen LogP contribution in [-0.2, 0) is 14.0 Å². The van der Waals surface area contributed by atoms with E-state index < -0.39 is 14.0 Å². The molecule has 0 radical (unpaired) electrons. The van der Waals surface area contributed by atoms with Gasteiger partial charge in [0.2, 0.25) is 0 Å². The quantitative estimate of drug-likeness (QED) is 0.579. The van der Waals surface area contributed by atoms with Crippen molar-refractivity contribution in [2.24, 2.45) is 0 Å². The molecule has 4 heteroatoms. The number of hydrogen-bond acceptors (Lipinski definition) is 1. The number of nitrogens with zero attached hydrogens (tertiary/aromatic N) is 1. The smallest absolute Gasteiger partial charge is 1.00 e. The average Bonchev–Trinajstić information content (AvgIpc) is 2.88. The van der Waals surface area contributed by atoms with Crippen LogP contribution in [0.3, 0.4) is 0 Å². The van der Waals surface area contributed by atoms with Crippen molar-refractivity contribution >= 4 is 0 Å². The molecule has 0 amide bonds. The molecule has 0 aromatic carbocycles. The molecule has 2 aliphatic rings. The van der Waals surface area contributed by atoms with Crippen molar-refractivity contribution in [3.05, 3.63) is 22.1 Å². The maximum absolute atomic E-state index is 2.87. The van der Waals surface area contributed by atoms with Crippen LogP contribution in [0.5, 0.6) is 0 Å². The summed E-state index contributed by atoms with van der Waals surface area (Å²) in [6.07, 6.45) is 11.0. The van der Waals surface area contributed by atoms with Gasteiger partial charge in [-0.05, 0) is 0 Å². The molecule has 0 bridgehead atoms. The summed E-state index contributed by atoms with van der Waals surface area (Å²) in [6.45, 7) is 3.99. The Morgan fingerprint density at radius 2 is 1.63 bits per heavy atom. The Morgan fingerprint density at radius 3 is 2.11 bits per heavy atom. The number of rotatable bonds is 4. The molecular weight excluding hydrogens is 313 g/mol. The maximum atomic E-state index is 2.67. The van der Waals surface area contributed by atoms with E-state index in [2.05, 4.69) is 44.0 Å². The van der Waals surface area contributed by atoms with E-state index in [1.165, 1.54) is 43.6 Å². The summed E-state index contributed by atoms with van der Waals surface area (Å²) in [5, 5.41) is 10.5. The van der Waals surface area contributed by atoms with E-state index in [1.54, 1.807) is 3.88 Å². The van der Waals surface area contributed by atoms with E-state index >= 15 is 0 Å². The van der Waals surface area contributed by atoms with Crippen molar-refractivity contribution in [3.63, 3.8) is 0 Å². The number of hydrogen-bond donors (Lipinski definition) is 0. The molecule has 0 spiro atoms. The third kappa shape index (κ3) is 4.90. The van der Waals surface area contributed by atoms with Crippen LogP contribution in [-0.4, -0.2) is 24.5 Å². The molecule has 1 fully saturated rings. The zero-order chi connectivity index (χ0) is 12.6. The van der Waals surface area contributed by atoms with Crippen molar-refractivity contribution in [1.29, 1.82) is 0 Å². The molecule has 1 saturated heterocycles. The van der Waals surface area contributed by atoms with Gasteiger partial charge in [-0.2, -0.15) is 0 Å². The SMILES string of the molecule is [CH3][Ti+2]([CH3])([CH3])([CH3])([CH2]CN1CCCC1)[C]1=CC=CC1.[Cl-].[Cl-]. The molecule has 1 heterocycles. The van der Waals surface area contributed by atoms with Gasteiger partial charge < -0.3 is 24.8 Å². The van der Waals surface area contributed by atoms with Crippen LogP contribution in [0.2, 0.25) is 25.6 Å². The van der Waals surface area contributed by atoms with Gasteiger partial charge in [-0.25, -0.2) is 0 Å². The number of likely N-dealkylation sites (tertiary alicyclic amines) is 1. The fourth-order valence-electron chi connectivity index (χ4n) is 3.15. The van der Waals surface area contributed by atoms with E-state index in [1.807, 2.05) is 0 Å². The van der Waals surface area contributed by atoms with Gasteiger partial charge in [0, 0.05) is 0 Å². The van der Waals surface area contributed by atoms with Crippen LogP contribution < -0.4 is 24.8 Å².